The number of rotatable bonds is 3. The van der Waals surface area contributed by atoms with E-state index in [1.165, 1.54) is 15.8 Å². The highest BCUT2D eigenvalue weighted by atomic mass is 32.1. The maximum absolute atomic E-state index is 13.0. The highest BCUT2D eigenvalue weighted by molar-refractivity contribution is 7.18. The highest BCUT2D eigenvalue weighted by Crippen LogP contribution is 2.35. The Labute approximate surface area is 156 Å². The van der Waals surface area contributed by atoms with Crippen molar-refractivity contribution in [3.63, 3.8) is 0 Å². The van der Waals surface area contributed by atoms with Crippen LogP contribution in [0, 0.1) is 19.8 Å². The minimum absolute atomic E-state index is 0.0348. The second-order valence-electron chi connectivity index (χ2n) is 7.48. The quantitative estimate of drug-likeness (QED) is 0.665. The van der Waals surface area contributed by atoms with Crippen molar-refractivity contribution in [3.05, 3.63) is 50.1 Å². The van der Waals surface area contributed by atoms with Gasteiger partial charge in [0.1, 0.15) is 4.83 Å². The Balaban J connectivity index is 1.73. The average Bonchev–Trinajstić information content (AvgIpc) is 3.09. The number of aryl methyl sites for hydroxylation is 2. The molecule has 0 fully saturated rings. The summed E-state index contributed by atoms with van der Waals surface area (Å²) in [6.45, 7) is 6.19. The van der Waals surface area contributed by atoms with E-state index < -0.39 is 0 Å². The molecule has 1 aliphatic rings. The van der Waals surface area contributed by atoms with Crippen molar-refractivity contribution >= 4 is 27.3 Å². The molecule has 136 valence electrons. The van der Waals surface area contributed by atoms with Gasteiger partial charge in [-0.2, -0.15) is 0 Å². The molecule has 26 heavy (non-hydrogen) atoms. The first kappa shape index (κ1) is 17.2. The number of fused-ring (bicyclic) bond motifs is 3. The van der Waals surface area contributed by atoms with E-state index in [4.69, 9.17) is 0 Å². The van der Waals surface area contributed by atoms with Gasteiger partial charge in [-0.3, -0.25) is 14.2 Å². The number of carbonyl (C=O) groups excluding carboxylic acids is 1. The van der Waals surface area contributed by atoms with E-state index in [2.05, 4.69) is 11.9 Å². The van der Waals surface area contributed by atoms with E-state index >= 15 is 0 Å². The second kappa shape index (κ2) is 6.20. The molecule has 0 saturated carbocycles. The molecule has 3 aromatic heterocycles. The van der Waals surface area contributed by atoms with Gasteiger partial charge in [0.2, 0.25) is 0 Å². The molecule has 0 aliphatic heterocycles. The number of hydrogen-bond donors (Lipinski definition) is 0. The summed E-state index contributed by atoms with van der Waals surface area (Å²) in [5.74, 6) is 0.607. The van der Waals surface area contributed by atoms with Gasteiger partial charge in [-0.25, -0.2) is 4.98 Å². The van der Waals surface area contributed by atoms with Gasteiger partial charge in [0.05, 0.1) is 18.3 Å². The Hall–Kier alpha value is -2.21. The summed E-state index contributed by atoms with van der Waals surface area (Å²) in [5.41, 5.74) is 3.72. The summed E-state index contributed by atoms with van der Waals surface area (Å²) >= 11 is 1.64. The van der Waals surface area contributed by atoms with E-state index in [1.807, 2.05) is 31.5 Å². The van der Waals surface area contributed by atoms with E-state index in [9.17, 15) is 9.59 Å². The molecule has 3 heterocycles. The van der Waals surface area contributed by atoms with Gasteiger partial charge in [-0.15, -0.1) is 11.3 Å². The van der Waals surface area contributed by atoms with Crippen molar-refractivity contribution < 1.29 is 4.79 Å². The number of nitrogens with zero attached hydrogens (tertiary/aromatic N) is 3. The van der Waals surface area contributed by atoms with Crippen LogP contribution >= 0.6 is 11.3 Å². The van der Waals surface area contributed by atoms with Crippen molar-refractivity contribution in [2.45, 2.75) is 46.6 Å². The summed E-state index contributed by atoms with van der Waals surface area (Å²) in [6, 6.07) is 1.89. The monoisotopic (exact) mass is 369 g/mol. The summed E-state index contributed by atoms with van der Waals surface area (Å²) in [5, 5.41) is 0.730. The van der Waals surface area contributed by atoms with Gasteiger partial charge >= 0.3 is 0 Å². The van der Waals surface area contributed by atoms with Crippen LogP contribution in [0.5, 0.6) is 0 Å². The normalized spacial score (nSPS) is 16.8. The fourth-order valence-corrected chi connectivity index (χ4v) is 5.20. The molecule has 1 atom stereocenters. The first-order chi connectivity index (χ1) is 12.4. The summed E-state index contributed by atoms with van der Waals surface area (Å²) in [6.07, 6.45) is 4.59. The number of carbonyl (C=O) groups is 1. The van der Waals surface area contributed by atoms with Crippen molar-refractivity contribution in [1.29, 1.82) is 0 Å². The topological polar surface area (TPSA) is 56.9 Å². The largest absolute Gasteiger partial charge is 0.351 e. The summed E-state index contributed by atoms with van der Waals surface area (Å²) in [7, 11) is 1.94. The SMILES string of the molecule is Cc1cc(C(=O)Cn2cnc3sc4c(c3c2=O)CC[C@H](C)C4)c(C)n1C. The summed E-state index contributed by atoms with van der Waals surface area (Å²) < 4.78 is 3.46. The molecule has 0 bridgehead atoms. The molecule has 0 unspecified atom stereocenters. The number of aromatic nitrogens is 3. The third-order valence-corrected chi connectivity index (χ3v) is 6.83. The maximum Gasteiger partial charge on any atom is 0.262 e. The standard InChI is InChI=1S/C20H23N3O2S/c1-11-5-6-14-17(7-11)26-19-18(14)20(25)23(10-21-19)9-16(24)15-8-12(2)22(4)13(15)3/h8,10-11H,5-7,9H2,1-4H3/t11-/m0/s1. The van der Waals surface area contributed by atoms with Crippen molar-refractivity contribution in [2.75, 3.05) is 0 Å². The van der Waals surface area contributed by atoms with Gasteiger partial charge in [-0.1, -0.05) is 6.92 Å². The lowest BCUT2D eigenvalue weighted by molar-refractivity contribution is 0.0970. The smallest absolute Gasteiger partial charge is 0.262 e. The molecule has 0 N–H and O–H groups in total. The first-order valence-electron chi connectivity index (χ1n) is 9.02. The van der Waals surface area contributed by atoms with Crippen LogP contribution in [0.25, 0.3) is 10.2 Å². The van der Waals surface area contributed by atoms with Gasteiger partial charge in [0.15, 0.2) is 5.78 Å². The molecule has 0 amide bonds. The average molecular weight is 369 g/mol. The molecular formula is C20H23N3O2S. The lowest BCUT2D eigenvalue weighted by atomic mass is 9.89. The summed E-state index contributed by atoms with van der Waals surface area (Å²) in [4.78, 5) is 32.4. The van der Waals surface area contributed by atoms with Crippen LogP contribution in [0.15, 0.2) is 17.2 Å². The Morgan fingerprint density at radius 2 is 2.15 bits per heavy atom. The maximum atomic E-state index is 13.0. The zero-order chi connectivity index (χ0) is 18.6. The third-order valence-electron chi connectivity index (χ3n) is 5.67. The molecule has 6 heteroatoms. The van der Waals surface area contributed by atoms with E-state index in [1.54, 1.807) is 11.3 Å². The first-order valence-corrected chi connectivity index (χ1v) is 9.84. The highest BCUT2D eigenvalue weighted by Gasteiger charge is 2.24. The van der Waals surface area contributed by atoms with Gasteiger partial charge < -0.3 is 4.57 Å². The zero-order valence-corrected chi connectivity index (χ0v) is 16.4. The molecule has 1 aliphatic carbocycles. The molecule has 0 saturated heterocycles. The number of hydrogen-bond acceptors (Lipinski definition) is 4. The molecule has 3 aromatic rings. The van der Waals surface area contributed by atoms with Gasteiger partial charge in [0, 0.05) is 28.9 Å². The van der Waals surface area contributed by atoms with Crippen molar-refractivity contribution in [3.8, 4) is 0 Å². The van der Waals surface area contributed by atoms with Crippen LogP contribution in [-0.2, 0) is 26.4 Å². The Bertz CT molecular complexity index is 1090. The molecule has 0 spiro atoms. The molecule has 5 nitrogen and oxygen atoms in total. The van der Waals surface area contributed by atoms with Crippen LogP contribution in [0.3, 0.4) is 0 Å². The lowest BCUT2D eigenvalue weighted by Gasteiger charge is -2.17. The predicted molar refractivity (Wildman–Crippen MR) is 104 cm³/mol. The van der Waals surface area contributed by atoms with Gasteiger partial charge in [-0.05, 0) is 50.7 Å². The van der Waals surface area contributed by atoms with Crippen molar-refractivity contribution in [2.24, 2.45) is 13.0 Å². The molecule has 4 rings (SSSR count). The van der Waals surface area contributed by atoms with E-state index in [-0.39, 0.29) is 17.9 Å². The van der Waals surface area contributed by atoms with Crippen LogP contribution in [0.4, 0.5) is 0 Å². The number of thiophene rings is 1. The predicted octanol–water partition coefficient (Wildman–Crippen LogP) is 3.42. The van der Waals surface area contributed by atoms with E-state index in [0.717, 1.165) is 46.4 Å². The van der Waals surface area contributed by atoms with Crippen molar-refractivity contribution in [1.82, 2.24) is 14.1 Å². The Morgan fingerprint density at radius 1 is 1.38 bits per heavy atom. The number of ketones is 1. The fourth-order valence-electron chi connectivity index (χ4n) is 3.86. The van der Waals surface area contributed by atoms with Crippen LogP contribution < -0.4 is 5.56 Å². The third kappa shape index (κ3) is 2.63. The van der Waals surface area contributed by atoms with Gasteiger partial charge in [0.25, 0.3) is 5.56 Å². The van der Waals surface area contributed by atoms with E-state index in [0.29, 0.717) is 11.5 Å². The minimum atomic E-state index is -0.0827. The zero-order valence-electron chi connectivity index (χ0n) is 15.6. The fraction of sp³-hybridized carbons (Fsp3) is 0.450. The Kier molecular flexibility index (Phi) is 4.10. The molecule has 0 aromatic carbocycles. The second-order valence-corrected chi connectivity index (χ2v) is 8.56. The minimum Gasteiger partial charge on any atom is -0.351 e. The number of Topliss-reactive ketones (excluding diaryl/α,β-unsaturated/α-hetero) is 1. The Morgan fingerprint density at radius 3 is 2.85 bits per heavy atom. The van der Waals surface area contributed by atoms with Crippen LogP contribution in [0.1, 0.15) is 45.5 Å². The van der Waals surface area contributed by atoms with Crippen LogP contribution in [0.2, 0.25) is 0 Å². The molecule has 0 radical (unpaired) electrons. The van der Waals surface area contributed by atoms with Crippen LogP contribution in [-0.4, -0.2) is 19.9 Å². The lowest BCUT2D eigenvalue weighted by Crippen LogP contribution is -2.25. The molecular weight excluding hydrogens is 346 g/mol.